The minimum absolute atomic E-state index is 0.197. The number of carbonyl (C=O) groups excluding carboxylic acids is 1. The molecule has 0 spiro atoms. The molecule has 0 unspecified atom stereocenters. The molecule has 0 atom stereocenters. The number of carbonyl (C=O) groups is 1. The van der Waals surface area contributed by atoms with Gasteiger partial charge in [0.1, 0.15) is 17.2 Å². The van der Waals surface area contributed by atoms with Gasteiger partial charge in [0, 0.05) is 12.1 Å². The Bertz CT molecular complexity index is 770. The first-order chi connectivity index (χ1) is 11.8. The van der Waals surface area contributed by atoms with E-state index >= 15 is 0 Å². The fourth-order valence-corrected chi connectivity index (χ4v) is 2.97. The van der Waals surface area contributed by atoms with Gasteiger partial charge in [0.05, 0.1) is 30.0 Å². The van der Waals surface area contributed by atoms with Gasteiger partial charge in [-0.25, -0.2) is 0 Å². The van der Waals surface area contributed by atoms with Crippen molar-refractivity contribution in [2.45, 2.75) is 13.8 Å². The van der Waals surface area contributed by atoms with Crippen molar-refractivity contribution in [3.63, 3.8) is 0 Å². The summed E-state index contributed by atoms with van der Waals surface area (Å²) in [5.74, 6) is 0.974. The molecule has 1 amide bonds. The fraction of sp³-hybridized carbons (Fsp3) is 0.278. The Morgan fingerprint density at radius 2 is 1.68 bits per heavy atom. The number of benzene rings is 2. The zero-order chi connectivity index (χ0) is 18.6. The summed E-state index contributed by atoms with van der Waals surface area (Å²) in [5.41, 5.74) is 2.32. The predicted molar refractivity (Wildman–Crippen MR) is 99.6 cm³/mol. The average molecular weight is 384 g/mol. The second kappa shape index (κ2) is 8.32. The first kappa shape index (κ1) is 19.2. The Morgan fingerprint density at radius 3 is 2.28 bits per heavy atom. The summed E-state index contributed by atoms with van der Waals surface area (Å²) in [5, 5.41) is 3.57. The highest BCUT2D eigenvalue weighted by Crippen LogP contribution is 2.36. The second-order valence-electron chi connectivity index (χ2n) is 5.42. The van der Waals surface area contributed by atoms with Crippen molar-refractivity contribution in [3.05, 3.63) is 45.4 Å². The fourth-order valence-electron chi connectivity index (χ4n) is 2.37. The van der Waals surface area contributed by atoms with E-state index in [0.717, 1.165) is 11.1 Å². The van der Waals surface area contributed by atoms with Gasteiger partial charge in [-0.05, 0) is 31.0 Å². The molecule has 1 N–H and O–H groups in total. The number of nitrogens with one attached hydrogen (secondary N) is 1. The van der Waals surface area contributed by atoms with E-state index in [0.29, 0.717) is 33.0 Å². The van der Waals surface area contributed by atoms with E-state index in [1.54, 1.807) is 18.2 Å². The van der Waals surface area contributed by atoms with Crippen LogP contribution in [0.4, 0.5) is 5.69 Å². The summed E-state index contributed by atoms with van der Waals surface area (Å²) in [6.45, 7) is 3.62. The summed E-state index contributed by atoms with van der Waals surface area (Å²) in [4.78, 5) is 12.2. The Morgan fingerprint density at radius 1 is 1.00 bits per heavy atom. The number of hydrogen-bond acceptors (Lipinski definition) is 4. The van der Waals surface area contributed by atoms with Crippen LogP contribution in [-0.2, 0) is 4.79 Å². The lowest BCUT2D eigenvalue weighted by Crippen LogP contribution is -2.21. The molecule has 0 bridgehead atoms. The highest BCUT2D eigenvalue weighted by molar-refractivity contribution is 6.32. The largest absolute Gasteiger partial charge is 0.495 e. The Hall–Kier alpha value is -2.11. The SMILES string of the molecule is COc1cc(NC(=O)COc2c(C)cc(C)cc2Cl)c(OC)cc1Cl. The monoisotopic (exact) mass is 383 g/mol. The first-order valence-electron chi connectivity index (χ1n) is 7.46. The van der Waals surface area contributed by atoms with E-state index in [9.17, 15) is 4.79 Å². The maximum Gasteiger partial charge on any atom is 0.262 e. The van der Waals surface area contributed by atoms with Crippen LogP contribution in [0.15, 0.2) is 24.3 Å². The van der Waals surface area contributed by atoms with E-state index in [2.05, 4.69) is 5.32 Å². The van der Waals surface area contributed by atoms with Crippen LogP contribution in [0.25, 0.3) is 0 Å². The van der Waals surface area contributed by atoms with Crippen LogP contribution < -0.4 is 19.5 Å². The predicted octanol–water partition coefficient (Wildman–Crippen LogP) is 4.64. The zero-order valence-corrected chi connectivity index (χ0v) is 15.9. The summed E-state index contributed by atoms with van der Waals surface area (Å²) in [6.07, 6.45) is 0. The Labute approximate surface area is 156 Å². The molecule has 0 aromatic heterocycles. The molecule has 0 fully saturated rings. The molecule has 0 aliphatic carbocycles. The summed E-state index contributed by atoms with van der Waals surface area (Å²) >= 11 is 12.2. The lowest BCUT2D eigenvalue weighted by atomic mass is 10.1. The molecule has 7 heteroatoms. The average Bonchev–Trinajstić information content (AvgIpc) is 2.55. The van der Waals surface area contributed by atoms with Crippen molar-refractivity contribution in [1.82, 2.24) is 0 Å². The van der Waals surface area contributed by atoms with Gasteiger partial charge in [-0.3, -0.25) is 4.79 Å². The zero-order valence-electron chi connectivity index (χ0n) is 14.4. The van der Waals surface area contributed by atoms with Crippen LogP contribution in [0.1, 0.15) is 11.1 Å². The molecule has 0 aliphatic rings. The Balaban J connectivity index is 2.11. The number of halogens is 2. The maximum atomic E-state index is 12.2. The maximum absolute atomic E-state index is 12.2. The number of amides is 1. The van der Waals surface area contributed by atoms with Crippen molar-refractivity contribution < 1.29 is 19.0 Å². The van der Waals surface area contributed by atoms with Crippen LogP contribution in [-0.4, -0.2) is 26.7 Å². The topological polar surface area (TPSA) is 56.8 Å². The third kappa shape index (κ3) is 4.71. The van der Waals surface area contributed by atoms with Gasteiger partial charge >= 0.3 is 0 Å². The van der Waals surface area contributed by atoms with E-state index in [4.69, 9.17) is 37.4 Å². The number of hydrogen-bond donors (Lipinski definition) is 1. The van der Waals surface area contributed by atoms with Crippen molar-refractivity contribution in [2.24, 2.45) is 0 Å². The first-order valence-corrected chi connectivity index (χ1v) is 8.22. The molecule has 0 heterocycles. The van der Waals surface area contributed by atoms with Gasteiger partial charge in [0.2, 0.25) is 0 Å². The normalized spacial score (nSPS) is 10.3. The summed E-state index contributed by atoms with van der Waals surface area (Å²) in [7, 11) is 2.98. The third-order valence-electron chi connectivity index (χ3n) is 3.47. The molecule has 2 aromatic carbocycles. The number of anilines is 1. The smallest absolute Gasteiger partial charge is 0.262 e. The molecular formula is C18H19Cl2NO4. The molecule has 0 saturated heterocycles. The van der Waals surface area contributed by atoms with Crippen LogP contribution in [0, 0.1) is 13.8 Å². The number of methoxy groups -OCH3 is 2. The molecule has 134 valence electrons. The highest BCUT2D eigenvalue weighted by atomic mass is 35.5. The molecule has 2 rings (SSSR count). The molecule has 25 heavy (non-hydrogen) atoms. The van der Waals surface area contributed by atoms with Gasteiger partial charge in [-0.2, -0.15) is 0 Å². The number of rotatable bonds is 6. The highest BCUT2D eigenvalue weighted by Gasteiger charge is 2.14. The van der Waals surface area contributed by atoms with Gasteiger partial charge < -0.3 is 19.5 Å². The minimum Gasteiger partial charge on any atom is -0.495 e. The number of aryl methyl sites for hydroxylation is 2. The van der Waals surface area contributed by atoms with E-state index in [1.807, 2.05) is 19.9 Å². The van der Waals surface area contributed by atoms with Crippen molar-refractivity contribution in [1.29, 1.82) is 0 Å². The molecule has 5 nitrogen and oxygen atoms in total. The van der Waals surface area contributed by atoms with Gasteiger partial charge in [-0.15, -0.1) is 0 Å². The molecule has 0 aliphatic heterocycles. The van der Waals surface area contributed by atoms with Crippen LogP contribution in [0.3, 0.4) is 0 Å². The molecular weight excluding hydrogens is 365 g/mol. The van der Waals surface area contributed by atoms with Gasteiger partial charge in [0.25, 0.3) is 5.91 Å². The van der Waals surface area contributed by atoms with E-state index in [-0.39, 0.29) is 12.5 Å². The van der Waals surface area contributed by atoms with Crippen molar-refractivity contribution in [3.8, 4) is 17.2 Å². The quantitative estimate of drug-likeness (QED) is 0.788. The minimum atomic E-state index is -0.362. The van der Waals surface area contributed by atoms with Crippen LogP contribution in [0.2, 0.25) is 10.0 Å². The van der Waals surface area contributed by atoms with Crippen molar-refractivity contribution in [2.75, 3.05) is 26.1 Å². The summed E-state index contributed by atoms with van der Waals surface area (Å²) < 4.78 is 15.9. The lowest BCUT2D eigenvalue weighted by molar-refractivity contribution is -0.118. The van der Waals surface area contributed by atoms with Crippen molar-refractivity contribution >= 4 is 34.8 Å². The lowest BCUT2D eigenvalue weighted by Gasteiger charge is -2.14. The van der Waals surface area contributed by atoms with E-state index < -0.39 is 0 Å². The van der Waals surface area contributed by atoms with E-state index in [1.165, 1.54) is 14.2 Å². The van der Waals surface area contributed by atoms with Crippen LogP contribution in [0.5, 0.6) is 17.2 Å². The van der Waals surface area contributed by atoms with Gasteiger partial charge in [0.15, 0.2) is 6.61 Å². The number of ether oxygens (including phenoxy) is 3. The standard InChI is InChI=1S/C18H19Cl2NO4/c1-10-5-11(2)18(13(20)6-10)25-9-17(22)21-14-8-15(23-3)12(19)7-16(14)24-4/h5-8H,9H2,1-4H3,(H,21,22). The van der Waals surface area contributed by atoms with Crippen LogP contribution >= 0.6 is 23.2 Å². The Kier molecular flexibility index (Phi) is 6.39. The third-order valence-corrected chi connectivity index (χ3v) is 4.05. The second-order valence-corrected chi connectivity index (χ2v) is 6.23. The summed E-state index contributed by atoms with van der Waals surface area (Å²) in [6, 6.07) is 6.88. The van der Waals surface area contributed by atoms with Gasteiger partial charge in [-0.1, -0.05) is 29.3 Å². The molecule has 0 saturated carbocycles. The molecule has 0 radical (unpaired) electrons. The molecule has 2 aromatic rings.